The lowest BCUT2D eigenvalue weighted by molar-refractivity contribution is 0.0946. The minimum absolute atomic E-state index is 0.0117. The summed E-state index contributed by atoms with van der Waals surface area (Å²) in [6.45, 7) is 0.496. The quantitative estimate of drug-likeness (QED) is 0.421. The van der Waals surface area contributed by atoms with Gasteiger partial charge in [0, 0.05) is 23.6 Å². The number of aromatic nitrogens is 4. The van der Waals surface area contributed by atoms with Crippen molar-refractivity contribution < 1.29 is 4.79 Å². The smallest absolute Gasteiger partial charge is 0.287 e. The molecular weight excluding hydrogens is 350 g/mol. The summed E-state index contributed by atoms with van der Waals surface area (Å²) in [6, 6.07) is 0. The van der Waals surface area contributed by atoms with Crippen LogP contribution in [0.1, 0.15) is 58.9 Å². The van der Waals surface area contributed by atoms with Crippen LogP contribution in [0.15, 0.2) is 9.95 Å². The summed E-state index contributed by atoms with van der Waals surface area (Å²) in [4.78, 5) is 39.3. The Labute approximate surface area is 155 Å². The van der Waals surface area contributed by atoms with Crippen LogP contribution in [-0.4, -0.2) is 38.1 Å². The van der Waals surface area contributed by atoms with Crippen LogP contribution in [0, 0.1) is 0 Å². The van der Waals surface area contributed by atoms with Crippen LogP contribution in [0.2, 0.25) is 0 Å². The van der Waals surface area contributed by atoms with E-state index in [1.807, 2.05) is 0 Å². The Balaban J connectivity index is 1.30. The standard InChI is InChI=1S/C18H23N5O2S/c24-16-11-5-1-2-6-12(11)22-18(23-16)26-10-9-19-17(25)15-20-13-7-3-4-8-14(13)21-15/h1-10H2,(H,19,25)(H,20,21)(H,22,23,24). The van der Waals surface area contributed by atoms with E-state index >= 15 is 0 Å². The molecule has 1 amide bonds. The number of hydrogen-bond acceptors (Lipinski definition) is 5. The predicted molar refractivity (Wildman–Crippen MR) is 99.8 cm³/mol. The van der Waals surface area contributed by atoms with Crippen LogP contribution < -0.4 is 10.9 Å². The second-order valence-corrected chi connectivity index (χ2v) is 7.91. The number of imidazole rings is 1. The van der Waals surface area contributed by atoms with E-state index < -0.39 is 0 Å². The van der Waals surface area contributed by atoms with Crippen LogP contribution in [0.3, 0.4) is 0 Å². The Morgan fingerprint density at radius 3 is 2.62 bits per heavy atom. The number of thioether (sulfide) groups is 1. The van der Waals surface area contributed by atoms with E-state index in [2.05, 4.69) is 25.3 Å². The Morgan fingerprint density at radius 2 is 1.77 bits per heavy atom. The summed E-state index contributed by atoms with van der Waals surface area (Å²) in [5, 5.41) is 3.52. The van der Waals surface area contributed by atoms with E-state index in [0.717, 1.165) is 74.0 Å². The summed E-state index contributed by atoms with van der Waals surface area (Å²) in [5.41, 5.74) is 3.91. The van der Waals surface area contributed by atoms with Gasteiger partial charge in [0.1, 0.15) is 0 Å². The minimum atomic E-state index is -0.174. The number of carbonyl (C=O) groups excluding carboxylic acids is 1. The molecule has 0 radical (unpaired) electrons. The molecule has 4 rings (SSSR count). The summed E-state index contributed by atoms with van der Waals surface area (Å²) in [7, 11) is 0. The molecule has 8 heteroatoms. The van der Waals surface area contributed by atoms with Gasteiger partial charge < -0.3 is 15.3 Å². The molecule has 138 valence electrons. The van der Waals surface area contributed by atoms with Crippen LogP contribution in [0.25, 0.3) is 0 Å². The average molecular weight is 373 g/mol. The maximum atomic E-state index is 12.2. The lowest BCUT2D eigenvalue weighted by Crippen LogP contribution is -2.27. The number of aryl methyl sites for hydroxylation is 3. The van der Waals surface area contributed by atoms with Gasteiger partial charge in [0.05, 0.1) is 11.4 Å². The first-order valence-electron chi connectivity index (χ1n) is 9.31. The van der Waals surface area contributed by atoms with Crippen molar-refractivity contribution in [3.05, 3.63) is 38.8 Å². The van der Waals surface area contributed by atoms with Crippen molar-refractivity contribution >= 4 is 17.7 Å². The molecule has 2 aliphatic carbocycles. The third kappa shape index (κ3) is 3.70. The van der Waals surface area contributed by atoms with Crippen LogP contribution in [0.5, 0.6) is 0 Å². The number of rotatable bonds is 5. The normalized spacial score (nSPS) is 16.0. The van der Waals surface area contributed by atoms with E-state index in [1.54, 1.807) is 0 Å². The molecule has 3 N–H and O–H groups in total. The molecule has 0 saturated carbocycles. The highest BCUT2D eigenvalue weighted by Crippen LogP contribution is 2.20. The molecule has 2 aliphatic rings. The van der Waals surface area contributed by atoms with Gasteiger partial charge in [-0.15, -0.1) is 0 Å². The summed E-state index contributed by atoms with van der Waals surface area (Å²) in [6.07, 6.45) is 8.08. The van der Waals surface area contributed by atoms with E-state index in [9.17, 15) is 9.59 Å². The monoisotopic (exact) mass is 373 g/mol. The van der Waals surface area contributed by atoms with E-state index in [-0.39, 0.29) is 11.5 Å². The molecule has 0 fully saturated rings. The van der Waals surface area contributed by atoms with Crippen LogP contribution in [0.4, 0.5) is 0 Å². The fourth-order valence-corrected chi connectivity index (χ4v) is 4.34. The largest absolute Gasteiger partial charge is 0.349 e. The van der Waals surface area contributed by atoms with Crippen molar-refractivity contribution in [3.63, 3.8) is 0 Å². The Morgan fingerprint density at radius 1 is 1.00 bits per heavy atom. The average Bonchev–Trinajstić information content (AvgIpc) is 3.09. The zero-order chi connectivity index (χ0) is 17.9. The fraction of sp³-hybridized carbons (Fsp3) is 0.556. The van der Waals surface area contributed by atoms with Crippen molar-refractivity contribution in [3.8, 4) is 0 Å². The van der Waals surface area contributed by atoms with Crippen molar-refractivity contribution in [2.24, 2.45) is 0 Å². The van der Waals surface area contributed by atoms with Gasteiger partial charge in [-0.1, -0.05) is 11.8 Å². The first-order chi connectivity index (χ1) is 12.7. The number of fused-ring (bicyclic) bond motifs is 2. The second-order valence-electron chi connectivity index (χ2n) is 6.83. The Kier molecular flexibility index (Phi) is 5.10. The van der Waals surface area contributed by atoms with Gasteiger partial charge in [0.2, 0.25) is 0 Å². The summed E-state index contributed by atoms with van der Waals surface area (Å²) in [5.74, 6) is 0.877. The second kappa shape index (κ2) is 7.65. The van der Waals surface area contributed by atoms with Crippen molar-refractivity contribution in [2.75, 3.05) is 12.3 Å². The van der Waals surface area contributed by atoms with Gasteiger partial charge in [-0.25, -0.2) is 9.97 Å². The van der Waals surface area contributed by atoms with Gasteiger partial charge in [-0.3, -0.25) is 9.59 Å². The number of nitrogens with one attached hydrogen (secondary N) is 3. The molecule has 0 saturated heterocycles. The first kappa shape index (κ1) is 17.3. The summed E-state index contributed by atoms with van der Waals surface area (Å²) >= 11 is 1.46. The molecule has 0 bridgehead atoms. The number of carbonyl (C=O) groups is 1. The highest BCUT2D eigenvalue weighted by Gasteiger charge is 2.18. The predicted octanol–water partition coefficient (Wildman–Crippen LogP) is 1.77. The van der Waals surface area contributed by atoms with Crippen LogP contribution >= 0.6 is 11.8 Å². The highest BCUT2D eigenvalue weighted by molar-refractivity contribution is 7.99. The molecule has 0 aromatic carbocycles. The van der Waals surface area contributed by atoms with Gasteiger partial charge in [0.15, 0.2) is 11.0 Å². The molecule has 2 heterocycles. The molecule has 26 heavy (non-hydrogen) atoms. The number of hydrogen-bond donors (Lipinski definition) is 3. The van der Waals surface area contributed by atoms with E-state index in [1.165, 1.54) is 11.8 Å². The van der Waals surface area contributed by atoms with Crippen LogP contribution in [-0.2, 0) is 25.7 Å². The molecular formula is C18H23N5O2S. The topological polar surface area (TPSA) is 104 Å². The molecule has 2 aromatic heterocycles. The third-order valence-corrected chi connectivity index (χ3v) is 5.84. The third-order valence-electron chi connectivity index (χ3n) is 4.97. The van der Waals surface area contributed by atoms with Crippen molar-refractivity contribution in [1.29, 1.82) is 0 Å². The SMILES string of the molecule is O=C(NCCSc1nc2c(c(=O)[nH]1)CCCC2)c1nc2c([nH]1)CCCC2. The van der Waals surface area contributed by atoms with E-state index in [0.29, 0.717) is 23.3 Å². The fourth-order valence-electron chi connectivity index (χ4n) is 3.61. The summed E-state index contributed by atoms with van der Waals surface area (Å²) < 4.78 is 0. The zero-order valence-corrected chi connectivity index (χ0v) is 15.5. The number of nitrogens with zero attached hydrogens (tertiary/aromatic N) is 2. The van der Waals surface area contributed by atoms with Crippen molar-refractivity contribution in [2.45, 2.75) is 56.5 Å². The number of H-pyrrole nitrogens is 2. The molecule has 0 aliphatic heterocycles. The van der Waals surface area contributed by atoms with Gasteiger partial charge in [-0.2, -0.15) is 0 Å². The first-order valence-corrected chi connectivity index (χ1v) is 10.3. The lowest BCUT2D eigenvalue weighted by Gasteiger charge is -2.14. The lowest BCUT2D eigenvalue weighted by atomic mass is 9.97. The van der Waals surface area contributed by atoms with Gasteiger partial charge in [-0.05, 0) is 51.4 Å². The molecule has 0 atom stereocenters. The highest BCUT2D eigenvalue weighted by atomic mass is 32.2. The molecule has 0 spiro atoms. The maximum Gasteiger partial charge on any atom is 0.287 e. The van der Waals surface area contributed by atoms with Gasteiger partial charge >= 0.3 is 0 Å². The molecule has 7 nitrogen and oxygen atoms in total. The number of aromatic amines is 2. The molecule has 0 unspecified atom stereocenters. The Bertz CT molecular complexity index is 849. The van der Waals surface area contributed by atoms with E-state index in [4.69, 9.17) is 0 Å². The Hall–Kier alpha value is -2.09. The number of amides is 1. The zero-order valence-electron chi connectivity index (χ0n) is 14.7. The maximum absolute atomic E-state index is 12.2. The molecule has 2 aromatic rings. The van der Waals surface area contributed by atoms with Gasteiger partial charge in [0.25, 0.3) is 11.5 Å². The minimum Gasteiger partial charge on any atom is -0.349 e. The van der Waals surface area contributed by atoms with Crippen molar-refractivity contribution in [1.82, 2.24) is 25.3 Å².